The molecule has 3 heterocycles. The molecular weight excluding hydrogens is 368 g/mol. The first-order valence-corrected chi connectivity index (χ1v) is 9.89. The molecule has 0 spiro atoms. The van der Waals surface area contributed by atoms with Crippen molar-refractivity contribution in [1.82, 2.24) is 9.80 Å². The molecule has 0 radical (unpaired) electrons. The van der Waals surface area contributed by atoms with Crippen molar-refractivity contribution in [3.8, 4) is 5.75 Å². The molecule has 8 heteroatoms. The first kappa shape index (κ1) is 19.4. The van der Waals surface area contributed by atoms with Gasteiger partial charge in [-0.15, -0.1) is 11.3 Å². The summed E-state index contributed by atoms with van der Waals surface area (Å²) in [4.78, 5) is 29.1. The molecule has 0 saturated carbocycles. The molecule has 2 aromatic rings. The van der Waals surface area contributed by atoms with Crippen LogP contribution in [0, 0.1) is 0 Å². The van der Waals surface area contributed by atoms with Crippen molar-refractivity contribution in [3.05, 3.63) is 40.0 Å². The summed E-state index contributed by atoms with van der Waals surface area (Å²) in [5.41, 5.74) is 0. The molecule has 1 saturated heterocycles. The van der Waals surface area contributed by atoms with Crippen molar-refractivity contribution in [2.24, 2.45) is 0 Å². The van der Waals surface area contributed by atoms with Crippen LogP contribution in [0.1, 0.15) is 39.3 Å². The molecular formula is C19H24N2O5S. The van der Waals surface area contributed by atoms with Gasteiger partial charge < -0.3 is 18.8 Å². The molecule has 7 nitrogen and oxygen atoms in total. The van der Waals surface area contributed by atoms with E-state index in [4.69, 9.17) is 9.15 Å². The summed E-state index contributed by atoms with van der Waals surface area (Å²) in [6.45, 7) is 6.02. The van der Waals surface area contributed by atoms with E-state index in [9.17, 15) is 9.59 Å². The maximum atomic E-state index is 12.9. The molecule has 0 aromatic carbocycles. The highest BCUT2D eigenvalue weighted by molar-refractivity contribution is 7.12. The molecule has 1 aliphatic rings. The molecule has 0 N–H and O–H groups in total. The third kappa shape index (κ3) is 4.70. The van der Waals surface area contributed by atoms with E-state index in [1.165, 1.54) is 18.4 Å². The van der Waals surface area contributed by atoms with Gasteiger partial charge in [0.15, 0.2) is 0 Å². The van der Waals surface area contributed by atoms with Gasteiger partial charge in [0.25, 0.3) is 5.91 Å². The summed E-state index contributed by atoms with van der Waals surface area (Å²) >= 11 is 1.42. The van der Waals surface area contributed by atoms with Crippen molar-refractivity contribution in [3.63, 3.8) is 0 Å². The Morgan fingerprint density at radius 2 is 2.04 bits per heavy atom. The number of esters is 1. The Hall–Kier alpha value is -2.32. The lowest BCUT2D eigenvalue weighted by molar-refractivity contribution is 0.0560. The van der Waals surface area contributed by atoms with E-state index in [2.05, 4.69) is 9.64 Å². The first-order chi connectivity index (χ1) is 13.1. The van der Waals surface area contributed by atoms with Crippen LogP contribution < -0.4 is 4.74 Å². The fourth-order valence-electron chi connectivity index (χ4n) is 3.09. The lowest BCUT2D eigenvalue weighted by atomic mass is 10.3. The van der Waals surface area contributed by atoms with Gasteiger partial charge >= 0.3 is 5.97 Å². The molecule has 27 heavy (non-hydrogen) atoms. The Bertz CT molecular complexity index is 785. The number of hydrogen-bond donors (Lipinski definition) is 0. The molecule has 146 valence electrons. The summed E-state index contributed by atoms with van der Waals surface area (Å²) in [7, 11) is 1.33. The minimum absolute atomic E-state index is 0.0290. The van der Waals surface area contributed by atoms with Crippen LogP contribution in [0.25, 0.3) is 0 Å². The predicted molar refractivity (Wildman–Crippen MR) is 101 cm³/mol. The zero-order valence-electron chi connectivity index (χ0n) is 15.6. The van der Waals surface area contributed by atoms with Gasteiger partial charge in [-0.3, -0.25) is 9.69 Å². The van der Waals surface area contributed by atoms with Crippen molar-refractivity contribution >= 4 is 23.2 Å². The molecule has 2 aromatic heterocycles. The molecule has 1 amide bonds. The van der Waals surface area contributed by atoms with E-state index in [1.54, 1.807) is 12.1 Å². The van der Waals surface area contributed by atoms with Crippen molar-refractivity contribution in [2.75, 3.05) is 39.9 Å². The quantitative estimate of drug-likeness (QED) is 0.704. The molecule has 0 atom stereocenters. The number of rotatable bonds is 6. The van der Waals surface area contributed by atoms with E-state index in [0.29, 0.717) is 42.6 Å². The second-order valence-electron chi connectivity index (χ2n) is 6.23. The summed E-state index contributed by atoms with van der Waals surface area (Å²) in [5.74, 6) is 1.14. The van der Waals surface area contributed by atoms with Gasteiger partial charge in [-0.25, -0.2) is 4.79 Å². The highest BCUT2D eigenvalue weighted by atomic mass is 32.1. The lowest BCUT2D eigenvalue weighted by Crippen LogP contribution is -2.34. The van der Waals surface area contributed by atoms with Gasteiger partial charge in [-0.1, -0.05) is 0 Å². The van der Waals surface area contributed by atoms with Crippen molar-refractivity contribution in [1.29, 1.82) is 0 Å². The number of furan rings is 1. The van der Waals surface area contributed by atoms with E-state index in [0.717, 1.165) is 19.5 Å². The van der Waals surface area contributed by atoms with Gasteiger partial charge in [0, 0.05) is 26.2 Å². The van der Waals surface area contributed by atoms with Crippen LogP contribution in [-0.2, 0) is 11.3 Å². The Kier molecular flexibility index (Phi) is 6.52. The highest BCUT2D eigenvalue weighted by Crippen LogP contribution is 2.27. The average molecular weight is 392 g/mol. The predicted octanol–water partition coefficient (Wildman–Crippen LogP) is 2.87. The highest BCUT2D eigenvalue weighted by Gasteiger charge is 2.24. The molecule has 0 unspecified atom stereocenters. The number of amides is 1. The van der Waals surface area contributed by atoms with Crippen LogP contribution in [-0.4, -0.2) is 61.6 Å². The van der Waals surface area contributed by atoms with Crippen LogP contribution in [0.3, 0.4) is 0 Å². The van der Waals surface area contributed by atoms with E-state index >= 15 is 0 Å². The van der Waals surface area contributed by atoms with Gasteiger partial charge in [0.1, 0.15) is 16.4 Å². The van der Waals surface area contributed by atoms with Crippen molar-refractivity contribution in [2.45, 2.75) is 19.9 Å². The minimum atomic E-state index is -0.477. The Morgan fingerprint density at radius 1 is 1.19 bits per heavy atom. The number of thiophene rings is 1. The van der Waals surface area contributed by atoms with Crippen LogP contribution in [0.2, 0.25) is 0 Å². The van der Waals surface area contributed by atoms with E-state index in [-0.39, 0.29) is 11.7 Å². The number of ether oxygens (including phenoxy) is 2. The topological polar surface area (TPSA) is 72.2 Å². The van der Waals surface area contributed by atoms with Gasteiger partial charge in [0.2, 0.25) is 5.76 Å². The standard InChI is InChI=1S/C19H24N2O5S/c1-3-25-15-7-12-27-17(15)18(22)21-9-4-8-20(10-11-21)13-14-5-6-16(26-14)19(23)24-2/h5-7,12H,3-4,8-11,13H2,1-2H3. The smallest absolute Gasteiger partial charge is 0.373 e. The zero-order valence-corrected chi connectivity index (χ0v) is 16.4. The lowest BCUT2D eigenvalue weighted by Gasteiger charge is -2.21. The second kappa shape index (κ2) is 9.05. The monoisotopic (exact) mass is 392 g/mol. The van der Waals surface area contributed by atoms with Crippen LogP contribution in [0.5, 0.6) is 5.75 Å². The number of nitrogens with zero attached hydrogens (tertiary/aromatic N) is 2. The minimum Gasteiger partial charge on any atom is -0.492 e. The van der Waals surface area contributed by atoms with Crippen LogP contribution in [0.15, 0.2) is 28.0 Å². The van der Waals surface area contributed by atoms with Crippen LogP contribution >= 0.6 is 11.3 Å². The third-order valence-electron chi connectivity index (χ3n) is 4.43. The summed E-state index contributed by atoms with van der Waals surface area (Å²) in [5, 5.41) is 1.89. The average Bonchev–Trinajstić information content (AvgIpc) is 3.26. The molecule has 0 aliphatic carbocycles. The first-order valence-electron chi connectivity index (χ1n) is 9.01. The van der Waals surface area contributed by atoms with Gasteiger partial charge in [-0.2, -0.15) is 0 Å². The summed E-state index contributed by atoms with van der Waals surface area (Å²) in [6, 6.07) is 5.27. The summed E-state index contributed by atoms with van der Waals surface area (Å²) < 4.78 is 15.8. The number of carbonyl (C=O) groups is 2. The molecule has 0 bridgehead atoms. The number of hydrogen-bond acceptors (Lipinski definition) is 7. The van der Waals surface area contributed by atoms with Gasteiger partial charge in [0.05, 0.1) is 20.3 Å². The SMILES string of the molecule is CCOc1ccsc1C(=O)N1CCCN(Cc2ccc(C(=O)OC)o2)CC1. The summed E-state index contributed by atoms with van der Waals surface area (Å²) in [6.07, 6.45) is 0.881. The number of carbonyl (C=O) groups excluding carboxylic acids is 2. The van der Waals surface area contributed by atoms with E-state index < -0.39 is 5.97 Å². The maximum absolute atomic E-state index is 12.9. The second-order valence-corrected chi connectivity index (χ2v) is 7.14. The van der Waals surface area contributed by atoms with Gasteiger partial charge in [-0.05, 0) is 36.9 Å². The normalized spacial score (nSPS) is 15.4. The molecule has 3 rings (SSSR count). The molecule has 1 aliphatic heterocycles. The largest absolute Gasteiger partial charge is 0.492 e. The third-order valence-corrected chi connectivity index (χ3v) is 5.31. The van der Waals surface area contributed by atoms with Crippen molar-refractivity contribution < 1.29 is 23.5 Å². The Balaban J connectivity index is 1.58. The van der Waals surface area contributed by atoms with Crippen LogP contribution in [0.4, 0.5) is 0 Å². The maximum Gasteiger partial charge on any atom is 0.373 e. The zero-order chi connectivity index (χ0) is 19.2. The Labute approximate surface area is 162 Å². The molecule has 1 fully saturated rings. The number of methoxy groups -OCH3 is 1. The fraction of sp³-hybridized carbons (Fsp3) is 0.474. The fourth-order valence-corrected chi connectivity index (χ4v) is 3.89. The van der Waals surface area contributed by atoms with E-state index in [1.807, 2.05) is 23.3 Å². The Morgan fingerprint density at radius 3 is 2.81 bits per heavy atom.